The molecule has 3 rings (SSSR count). The Morgan fingerprint density at radius 2 is 1.80 bits per heavy atom. The zero-order valence-electron chi connectivity index (χ0n) is 16.3. The maximum Gasteiger partial charge on any atom is 0.321 e. The lowest BCUT2D eigenvalue weighted by atomic mass is 9.67. The molecule has 1 atom stereocenters. The van der Waals surface area contributed by atoms with Gasteiger partial charge >= 0.3 is 6.03 Å². The zero-order valence-corrected chi connectivity index (χ0v) is 16.3. The van der Waals surface area contributed by atoms with Crippen LogP contribution in [0.5, 0.6) is 0 Å². The van der Waals surface area contributed by atoms with E-state index in [-0.39, 0.29) is 6.03 Å². The van der Waals surface area contributed by atoms with Gasteiger partial charge in [-0.3, -0.25) is 0 Å². The minimum absolute atomic E-state index is 0.0659. The Labute approximate surface area is 152 Å². The lowest BCUT2D eigenvalue weighted by Crippen LogP contribution is -2.38. The summed E-state index contributed by atoms with van der Waals surface area (Å²) < 4.78 is 0. The number of nitrogens with zero attached hydrogens (tertiary/aromatic N) is 2. The molecule has 138 valence electrons. The number of anilines is 1. The third kappa shape index (κ3) is 4.17. The summed E-state index contributed by atoms with van der Waals surface area (Å²) in [6, 6.07) is 6.30. The zero-order chi connectivity index (χ0) is 18.0. The minimum Gasteiger partial charge on any atom is -0.324 e. The molecule has 1 aromatic carbocycles. The van der Waals surface area contributed by atoms with Gasteiger partial charge in [-0.25, -0.2) is 4.79 Å². The monoisotopic (exact) mass is 343 g/mol. The molecule has 2 aliphatic rings. The van der Waals surface area contributed by atoms with Crippen molar-refractivity contribution in [2.45, 2.75) is 46.0 Å². The van der Waals surface area contributed by atoms with Crippen molar-refractivity contribution >= 4 is 11.7 Å². The maximum absolute atomic E-state index is 12.9. The second-order valence-electron chi connectivity index (χ2n) is 8.57. The third-order valence-electron chi connectivity index (χ3n) is 6.01. The number of amides is 2. The van der Waals surface area contributed by atoms with Crippen LogP contribution in [0, 0.1) is 25.2 Å². The molecule has 0 bridgehead atoms. The van der Waals surface area contributed by atoms with Crippen molar-refractivity contribution in [2.24, 2.45) is 11.3 Å². The van der Waals surface area contributed by atoms with E-state index in [1.165, 1.54) is 43.2 Å². The molecule has 2 amide bonds. The molecule has 0 aromatic heterocycles. The first-order chi connectivity index (χ1) is 11.9. The molecular formula is C21H33N3O. The molecule has 1 saturated heterocycles. The number of hydrogen-bond acceptors (Lipinski definition) is 2. The predicted octanol–water partition coefficient (Wildman–Crippen LogP) is 4.28. The highest BCUT2D eigenvalue weighted by atomic mass is 16.2. The Kier molecular flexibility index (Phi) is 5.38. The molecular weight excluding hydrogens is 310 g/mol. The first-order valence-corrected chi connectivity index (χ1v) is 9.67. The van der Waals surface area contributed by atoms with Crippen LogP contribution >= 0.6 is 0 Å². The van der Waals surface area contributed by atoms with Crippen molar-refractivity contribution in [2.75, 3.05) is 39.0 Å². The number of carbonyl (C=O) groups is 1. The summed E-state index contributed by atoms with van der Waals surface area (Å²) in [7, 11) is 4.30. The number of benzene rings is 1. The largest absolute Gasteiger partial charge is 0.324 e. The van der Waals surface area contributed by atoms with E-state index in [1.807, 2.05) is 0 Å². The average Bonchev–Trinajstić information content (AvgIpc) is 2.84. The summed E-state index contributed by atoms with van der Waals surface area (Å²) in [6.45, 7) is 7.02. The summed E-state index contributed by atoms with van der Waals surface area (Å²) in [5, 5.41) is 3.13. The summed E-state index contributed by atoms with van der Waals surface area (Å²) in [4.78, 5) is 17.2. The quantitative estimate of drug-likeness (QED) is 0.889. The number of nitrogens with one attached hydrogen (secondary N) is 1. The summed E-state index contributed by atoms with van der Waals surface area (Å²) >= 11 is 0. The second-order valence-corrected chi connectivity index (χ2v) is 8.57. The molecule has 1 aliphatic carbocycles. The summed E-state index contributed by atoms with van der Waals surface area (Å²) in [5.41, 5.74) is 3.62. The van der Waals surface area contributed by atoms with Gasteiger partial charge in [-0.15, -0.1) is 0 Å². The van der Waals surface area contributed by atoms with Crippen LogP contribution in [0.3, 0.4) is 0 Å². The van der Waals surface area contributed by atoms with Crippen LogP contribution in [0.2, 0.25) is 0 Å². The Hall–Kier alpha value is -1.55. The Morgan fingerprint density at radius 3 is 2.40 bits per heavy atom. The second kappa shape index (κ2) is 7.36. The van der Waals surface area contributed by atoms with Crippen molar-refractivity contribution in [3.63, 3.8) is 0 Å². The standard InChI is InChI=1S/C21H33N3O/c1-16-10-17(2)12-19(11-16)22-20(25)24-14-18(13-23(3)4)21(15-24)8-6-5-7-9-21/h10-12,18H,5-9,13-15H2,1-4H3,(H,22,25). The maximum atomic E-state index is 12.9. The average molecular weight is 344 g/mol. The number of aryl methyl sites for hydroxylation is 2. The third-order valence-corrected chi connectivity index (χ3v) is 6.01. The van der Waals surface area contributed by atoms with Crippen molar-refractivity contribution in [3.05, 3.63) is 29.3 Å². The molecule has 1 spiro atoms. The fourth-order valence-corrected chi connectivity index (χ4v) is 4.95. The number of rotatable bonds is 3. The van der Waals surface area contributed by atoms with Crippen LogP contribution in [0.1, 0.15) is 43.2 Å². The van der Waals surface area contributed by atoms with E-state index in [9.17, 15) is 4.79 Å². The fourth-order valence-electron chi connectivity index (χ4n) is 4.95. The van der Waals surface area contributed by atoms with Gasteiger partial charge < -0.3 is 15.1 Å². The van der Waals surface area contributed by atoms with Crippen molar-refractivity contribution in [1.29, 1.82) is 0 Å². The molecule has 1 heterocycles. The highest BCUT2D eigenvalue weighted by Gasteiger charge is 2.48. The lowest BCUT2D eigenvalue weighted by molar-refractivity contribution is 0.121. The van der Waals surface area contributed by atoms with Gasteiger partial charge in [-0.1, -0.05) is 25.3 Å². The van der Waals surface area contributed by atoms with E-state index in [4.69, 9.17) is 0 Å². The van der Waals surface area contributed by atoms with Gasteiger partial charge in [0, 0.05) is 25.3 Å². The molecule has 2 fully saturated rings. The number of urea groups is 1. The highest BCUT2D eigenvalue weighted by molar-refractivity contribution is 5.89. The summed E-state index contributed by atoms with van der Waals surface area (Å²) in [5.74, 6) is 0.591. The van der Waals surface area contributed by atoms with Crippen LogP contribution < -0.4 is 5.32 Å². The van der Waals surface area contributed by atoms with E-state index in [0.717, 1.165) is 25.3 Å². The molecule has 1 aromatic rings. The van der Waals surface area contributed by atoms with E-state index < -0.39 is 0 Å². The van der Waals surface area contributed by atoms with E-state index >= 15 is 0 Å². The van der Waals surface area contributed by atoms with Crippen LogP contribution in [0.4, 0.5) is 10.5 Å². The van der Waals surface area contributed by atoms with E-state index in [1.54, 1.807) is 0 Å². The predicted molar refractivity (Wildman–Crippen MR) is 104 cm³/mol. The number of hydrogen-bond donors (Lipinski definition) is 1. The van der Waals surface area contributed by atoms with Crippen molar-refractivity contribution in [3.8, 4) is 0 Å². The Bertz CT molecular complexity index is 599. The normalized spacial score (nSPS) is 22.6. The molecule has 1 aliphatic heterocycles. The fraction of sp³-hybridized carbons (Fsp3) is 0.667. The van der Waals surface area contributed by atoms with Crippen molar-refractivity contribution in [1.82, 2.24) is 9.80 Å². The van der Waals surface area contributed by atoms with Gasteiger partial charge in [-0.05, 0) is 75.4 Å². The number of carbonyl (C=O) groups excluding carboxylic acids is 1. The van der Waals surface area contributed by atoms with E-state index in [2.05, 4.69) is 61.3 Å². The Morgan fingerprint density at radius 1 is 1.16 bits per heavy atom. The van der Waals surface area contributed by atoms with Crippen LogP contribution in [0.15, 0.2) is 18.2 Å². The lowest BCUT2D eigenvalue weighted by Gasteiger charge is -2.39. The van der Waals surface area contributed by atoms with Crippen molar-refractivity contribution < 1.29 is 4.79 Å². The van der Waals surface area contributed by atoms with Gasteiger partial charge in [0.05, 0.1) is 0 Å². The van der Waals surface area contributed by atoms with E-state index in [0.29, 0.717) is 11.3 Å². The summed E-state index contributed by atoms with van der Waals surface area (Å²) in [6.07, 6.45) is 6.54. The highest BCUT2D eigenvalue weighted by Crippen LogP contribution is 2.47. The van der Waals surface area contributed by atoms with Gasteiger partial charge in [0.1, 0.15) is 0 Å². The van der Waals surface area contributed by atoms with Gasteiger partial charge in [0.15, 0.2) is 0 Å². The van der Waals surface area contributed by atoms with Gasteiger partial charge in [-0.2, -0.15) is 0 Å². The van der Waals surface area contributed by atoms with Gasteiger partial charge in [0.2, 0.25) is 0 Å². The Balaban J connectivity index is 1.72. The molecule has 1 saturated carbocycles. The molecule has 0 radical (unpaired) electrons. The van der Waals surface area contributed by atoms with Crippen LogP contribution in [-0.4, -0.2) is 49.6 Å². The molecule has 4 nitrogen and oxygen atoms in total. The first-order valence-electron chi connectivity index (χ1n) is 9.67. The first kappa shape index (κ1) is 18.2. The SMILES string of the molecule is Cc1cc(C)cc(NC(=O)N2CC(CN(C)C)C3(CCCCC3)C2)c1. The molecule has 1 unspecified atom stereocenters. The number of likely N-dealkylation sites (tertiary alicyclic amines) is 1. The van der Waals surface area contributed by atoms with Gasteiger partial charge in [0.25, 0.3) is 0 Å². The minimum atomic E-state index is 0.0659. The molecule has 25 heavy (non-hydrogen) atoms. The van der Waals surface area contributed by atoms with Crippen LogP contribution in [0.25, 0.3) is 0 Å². The molecule has 4 heteroatoms. The smallest absolute Gasteiger partial charge is 0.321 e. The van der Waals surface area contributed by atoms with Crippen LogP contribution in [-0.2, 0) is 0 Å². The topological polar surface area (TPSA) is 35.6 Å². The molecule has 1 N–H and O–H groups in total.